The molecule has 3 aliphatic rings. The Morgan fingerprint density at radius 2 is 1.56 bits per heavy atom. The zero-order valence-electron chi connectivity index (χ0n) is 22.2. The van der Waals surface area contributed by atoms with Crippen molar-refractivity contribution in [3.05, 3.63) is 58.6 Å². The average molecular weight is 613 g/mol. The van der Waals surface area contributed by atoms with E-state index in [4.69, 9.17) is 9.47 Å². The molecular formula is C27H32O16. The number of ether oxygens (including phenoxy) is 2. The highest BCUT2D eigenvalue weighted by Gasteiger charge is 2.65. The van der Waals surface area contributed by atoms with Crippen LogP contribution < -0.4 is 0 Å². The second-order valence-corrected chi connectivity index (χ2v) is 10.4. The summed E-state index contributed by atoms with van der Waals surface area (Å²) in [5.74, 6) is -6.22. The topological polar surface area (TPSA) is 295 Å². The number of aliphatic hydroxyl groups is 11. The molecule has 6 unspecified atom stereocenters. The van der Waals surface area contributed by atoms with E-state index in [1.54, 1.807) is 0 Å². The molecule has 1 aromatic rings. The number of aromatic hydroxyl groups is 1. The highest BCUT2D eigenvalue weighted by molar-refractivity contribution is 6.28. The maximum absolute atomic E-state index is 13.8. The second-order valence-electron chi connectivity index (χ2n) is 10.4. The number of hydrogen-bond acceptors (Lipinski definition) is 16. The summed E-state index contributed by atoms with van der Waals surface area (Å²) in [4.78, 5) is 27.5. The fourth-order valence-corrected chi connectivity index (χ4v) is 5.18. The summed E-state index contributed by atoms with van der Waals surface area (Å²) in [5, 5.41) is 125. The third-order valence-corrected chi connectivity index (χ3v) is 7.69. The Morgan fingerprint density at radius 3 is 2.16 bits per heavy atom. The SMILES string of the molecule is O=C1C(C(O)C2OCC(O)C(O)C2O)=C(O)/C(=C(O)\C=C\c2ccc(O)cc2)C(=O)C1(O)[C@H]1O[C@H](CO)[C@@H](O)[C@H](O)[C@H]1O. The Kier molecular flexibility index (Phi) is 9.41. The van der Waals surface area contributed by atoms with Gasteiger partial charge in [-0.1, -0.05) is 18.2 Å². The van der Waals surface area contributed by atoms with Crippen molar-refractivity contribution in [1.29, 1.82) is 0 Å². The molecule has 4 rings (SSSR count). The van der Waals surface area contributed by atoms with Crippen molar-refractivity contribution in [3.8, 4) is 5.75 Å². The summed E-state index contributed by atoms with van der Waals surface area (Å²) in [5.41, 5.74) is -5.76. The van der Waals surface area contributed by atoms with Crippen LogP contribution in [0, 0.1) is 0 Å². The molecule has 12 N–H and O–H groups in total. The van der Waals surface area contributed by atoms with Gasteiger partial charge in [0.1, 0.15) is 83.9 Å². The molecule has 0 aromatic heterocycles. The lowest BCUT2D eigenvalue weighted by atomic mass is 9.69. The number of rotatable bonds is 6. The summed E-state index contributed by atoms with van der Waals surface area (Å²) >= 11 is 0. The van der Waals surface area contributed by atoms with E-state index in [0.717, 1.165) is 6.08 Å². The predicted octanol–water partition coefficient (Wildman–Crippen LogP) is -4.40. The van der Waals surface area contributed by atoms with Gasteiger partial charge in [-0.15, -0.1) is 0 Å². The van der Waals surface area contributed by atoms with Crippen LogP contribution in [0.4, 0.5) is 0 Å². The summed E-state index contributed by atoms with van der Waals surface area (Å²) in [6, 6.07) is 5.37. The number of benzene rings is 1. The number of Topliss-reactive ketones (excluding diaryl/α,β-unsaturated/α-hetero) is 2. The molecule has 236 valence electrons. The molecule has 0 bridgehead atoms. The van der Waals surface area contributed by atoms with Crippen molar-refractivity contribution in [2.75, 3.05) is 13.2 Å². The van der Waals surface area contributed by atoms with Crippen molar-refractivity contribution in [1.82, 2.24) is 0 Å². The molecule has 0 spiro atoms. The van der Waals surface area contributed by atoms with Gasteiger partial charge in [-0.3, -0.25) is 9.59 Å². The number of allylic oxidation sites excluding steroid dienone is 2. The van der Waals surface area contributed by atoms with E-state index >= 15 is 0 Å². The van der Waals surface area contributed by atoms with E-state index in [1.165, 1.54) is 30.3 Å². The van der Waals surface area contributed by atoms with Gasteiger partial charge < -0.3 is 70.8 Å². The maximum atomic E-state index is 13.8. The van der Waals surface area contributed by atoms with Crippen molar-refractivity contribution in [2.24, 2.45) is 0 Å². The van der Waals surface area contributed by atoms with E-state index in [1.807, 2.05) is 0 Å². The van der Waals surface area contributed by atoms with Gasteiger partial charge in [0.05, 0.1) is 18.8 Å². The summed E-state index contributed by atoms with van der Waals surface area (Å²) in [6.45, 7) is -1.69. The maximum Gasteiger partial charge on any atom is 0.219 e. The van der Waals surface area contributed by atoms with Crippen LogP contribution >= 0.6 is 0 Å². The molecular weight excluding hydrogens is 580 g/mol. The van der Waals surface area contributed by atoms with Gasteiger partial charge >= 0.3 is 0 Å². The molecule has 2 aliphatic heterocycles. The minimum absolute atomic E-state index is 0.0887. The van der Waals surface area contributed by atoms with E-state index in [9.17, 15) is 70.9 Å². The Hall–Kier alpha value is -3.26. The molecule has 16 heteroatoms. The molecule has 1 aliphatic carbocycles. The lowest BCUT2D eigenvalue weighted by Gasteiger charge is -2.47. The Bertz CT molecular complexity index is 1320. The molecule has 11 atom stereocenters. The van der Waals surface area contributed by atoms with Crippen LogP contribution in [0.25, 0.3) is 6.08 Å². The van der Waals surface area contributed by atoms with Gasteiger partial charge in [-0.05, 0) is 23.8 Å². The van der Waals surface area contributed by atoms with Crippen LogP contribution in [0.3, 0.4) is 0 Å². The smallest absolute Gasteiger partial charge is 0.219 e. The van der Waals surface area contributed by atoms with Gasteiger partial charge in [0.15, 0.2) is 0 Å². The molecule has 2 fully saturated rings. The molecule has 0 amide bonds. The second kappa shape index (κ2) is 12.4. The Labute approximate surface area is 242 Å². The number of aliphatic hydroxyl groups excluding tert-OH is 10. The monoisotopic (exact) mass is 612 g/mol. The van der Waals surface area contributed by atoms with Crippen LogP contribution in [0.2, 0.25) is 0 Å². The fourth-order valence-electron chi connectivity index (χ4n) is 5.18. The van der Waals surface area contributed by atoms with Crippen LogP contribution in [0.15, 0.2) is 53.0 Å². The van der Waals surface area contributed by atoms with Gasteiger partial charge in [-0.2, -0.15) is 0 Å². The first kappa shape index (κ1) is 32.6. The zero-order chi connectivity index (χ0) is 32.0. The van der Waals surface area contributed by atoms with Crippen LogP contribution in [0.5, 0.6) is 5.75 Å². The molecule has 1 aromatic carbocycles. The van der Waals surface area contributed by atoms with Gasteiger partial charge in [0.2, 0.25) is 17.2 Å². The predicted molar refractivity (Wildman–Crippen MR) is 139 cm³/mol. The van der Waals surface area contributed by atoms with Crippen LogP contribution in [-0.2, 0) is 19.1 Å². The molecule has 2 heterocycles. The highest BCUT2D eigenvalue weighted by atomic mass is 16.6. The molecule has 0 radical (unpaired) electrons. The minimum Gasteiger partial charge on any atom is -0.508 e. The third-order valence-electron chi connectivity index (χ3n) is 7.69. The molecule has 43 heavy (non-hydrogen) atoms. The average Bonchev–Trinajstić information content (AvgIpc) is 2.97. The number of phenolic OH excluding ortho intramolecular Hbond substituents is 1. The first-order valence-corrected chi connectivity index (χ1v) is 13.0. The number of carbonyl (C=O) groups excluding carboxylic acids is 2. The highest BCUT2D eigenvalue weighted by Crippen LogP contribution is 2.41. The van der Waals surface area contributed by atoms with Crippen molar-refractivity contribution in [2.45, 2.75) is 66.6 Å². The van der Waals surface area contributed by atoms with Gasteiger partial charge in [0.25, 0.3) is 0 Å². The first-order chi connectivity index (χ1) is 20.2. The molecule has 16 nitrogen and oxygen atoms in total. The quantitative estimate of drug-likeness (QED) is 0.0820. The summed E-state index contributed by atoms with van der Waals surface area (Å²) in [7, 11) is 0. The Morgan fingerprint density at radius 1 is 0.930 bits per heavy atom. The molecule has 0 saturated carbocycles. The van der Waals surface area contributed by atoms with E-state index in [0.29, 0.717) is 5.56 Å². The molecule has 2 saturated heterocycles. The fraction of sp³-hybridized carbons (Fsp3) is 0.481. The van der Waals surface area contributed by atoms with Crippen molar-refractivity contribution in [3.63, 3.8) is 0 Å². The van der Waals surface area contributed by atoms with Crippen LogP contribution in [-0.4, -0.2) is 153 Å². The zero-order valence-corrected chi connectivity index (χ0v) is 22.2. The lowest BCUT2D eigenvalue weighted by Crippen LogP contribution is -2.71. The van der Waals surface area contributed by atoms with E-state index in [-0.39, 0.29) is 5.75 Å². The van der Waals surface area contributed by atoms with E-state index < -0.39 is 114 Å². The van der Waals surface area contributed by atoms with Gasteiger partial charge in [0, 0.05) is 0 Å². The first-order valence-electron chi connectivity index (χ1n) is 13.0. The number of ketones is 2. The largest absolute Gasteiger partial charge is 0.508 e. The standard InChI is InChI=1S/C27H32O16/c28-7-13-17(33)20(36)22(38)26(43-13)27(41)24(39)14(11(30)6-3-9-1-4-10(29)5-2-9)18(34)15(25(27)40)19(35)23-21(37)16(32)12(31)8-42-23/h1-6,12-13,16-17,19-23,26,28-38,41H,7-8H2/b6-3+,14-11-/t12?,13-,16?,17-,19?,20+,21?,22-,23?,26+,27?/m1/s1. The van der Waals surface area contributed by atoms with Crippen molar-refractivity contribution >= 4 is 17.6 Å². The lowest BCUT2D eigenvalue weighted by molar-refractivity contribution is -0.261. The minimum atomic E-state index is -3.65. The van der Waals surface area contributed by atoms with Gasteiger partial charge in [-0.25, -0.2) is 0 Å². The summed E-state index contributed by atoms with van der Waals surface area (Å²) in [6.07, 6.45) is -18.7. The summed E-state index contributed by atoms with van der Waals surface area (Å²) < 4.78 is 10.4. The Balaban J connectivity index is 1.88. The number of carbonyl (C=O) groups is 2. The van der Waals surface area contributed by atoms with E-state index in [2.05, 4.69) is 0 Å². The normalized spacial score (nSPS) is 39.3. The third kappa shape index (κ3) is 5.59. The number of hydrogen-bond donors (Lipinski definition) is 12. The van der Waals surface area contributed by atoms with Crippen molar-refractivity contribution < 1.29 is 80.3 Å². The van der Waals surface area contributed by atoms with Crippen LogP contribution in [0.1, 0.15) is 5.56 Å². The number of phenols is 1.